The molecule has 0 aromatic carbocycles. The van der Waals surface area contributed by atoms with Gasteiger partial charge in [-0.05, 0) is 25.5 Å². The molecule has 1 aromatic heterocycles. The second kappa shape index (κ2) is 4.07. The highest BCUT2D eigenvalue weighted by Gasteiger charge is 2.45. The lowest BCUT2D eigenvalue weighted by molar-refractivity contribution is 0.0185. The van der Waals surface area contributed by atoms with E-state index in [1.807, 2.05) is 4.90 Å². The monoisotopic (exact) mass is 232 g/mol. The molecular formula is C12H16N4O. The second-order valence-corrected chi connectivity index (χ2v) is 4.92. The van der Waals surface area contributed by atoms with Gasteiger partial charge in [0.1, 0.15) is 12.0 Å². The van der Waals surface area contributed by atoms with Gasteiger partial charge in [0.2, 0.25) is 0 Å². The van der Waals surface area contributed by atoms with Gasteiger partial charge in [-0.3, -0.25) is 4.79 Å². The van der Waals surface area contributed by atoms with Crippen molar-refractivity contribution >= 4 is 5.91 Å². The van der Waals surface area contributed by atoms with Crippen LogP contribution in [0.15, 0.2) is 18.6 Å². The van der Waals surface area contributed by atoms with Crippen LogP contribution in [0.25, 0.3) is 0 Å². The van der Waals surface area contributed by atoms with Gasteiger partial charge in [0.25, 0.3) is 5.91 Å². The minimum atomic E-state index is 0.0189. The zero-order valence-corrected chi connectivity index (χ0v) is 9.72. The summed E-state index contributed by atoms with van der Waals surface area (Å²) in [6.07, 6.45) is 6.72. The highest BCUT2D eigenvalue weighted by molar-refractivity contribution is 5.93. The predicted molar refractivity (Wildman–Crippen MR) is 62.5 cm³/mol. The van der Waals surface area contributed by atoms with Crippen molar-refractivity contribution in [3.05, 3.63) is 24.3 Å². The van der Waals surface area contributed by atoms with Crippen LogP contribution >= 0.6 is 0 Å². The highest BCUT2D eigenvalue weighted by Crippen LogP contribution is 2.30. The predicted octanol–water partition coefficient (Wildman–Crippen LogP) is 0.445. The van der Waals surface area contributed by atoms with Gasteiger partial charge >= 0.3 is 0 Å². The Morgan fingerprint density at radius 1 is 1.41 bits per heavy atom. The number of likely N-dealkylation sites (tertiary alicyclic amines) is 1. The lowest BCUT2D eigenvalue weighted by atomic mass is 9.81. The van der Waals surface area contributed by atoms with E-state index in [9.17, 15) is 4.79 Å². The summed E-state index contributed by atoms with van der Waals surface area (Å²) >= 11 is 0. The number of hydrogen-bond acceptors (Lipinski definition) is 4. The van der Waals surface area contributed by atoms with E-state index >= 15 is 0 Å². The maximum atomic E-state index is 12.1. The number of carbonyl (C=O) groups is 1. The number of carbonyl (C=O) groups excluding carboxylic acids is 1. The smallest absolute Gasteiger partial charge is 0.272 e. The molecule has 1 N–H and O–H groups in total. The average Bonchev–Trinajstić information content (AvgIpc) is 2.37. The molecule has 0 aliphatic carbocycles. The number of piperidine rings is 1. The fraction of sp³-hybridized carbons (Fsp3) is 0.583. The highest BCUT2D eigenvalue weighted by atomic mass is 16.2. The first-order valence-electron chi connectivity index (χ1n) is 6.09. The molecule has 1 spiro atoms. The van der Waals surface area contributed by atoms with E-state index in [-0.39, 0.29) is 11.4 Å². The fourth-order valence-electron chi connectivity index (χ4n) is 2.71. The molecule has 0 unspecified atom stereocenters. The number of hydrogen-bond donors (Lipinski definition) is 1. The Labute approximate surface area is 100 Å². The molecule has 0 bridgehead atoms. The number of amides is 1. The van der Waals surface area contributed by atoms with Crippen molar-refractivity contribution in [1.29, 1.82) is 0 Å². The third kappa shape index (κ3) is 1.91. The summed E-state index contributed by atoms with van der Waals surface area (Å²) in [4.78, 5) is 21.7. The minimum absolute atomic E-state index is 0.0189. The maximum Gasteiger partial charge on any atom is 0.272 e. The first-order chi connectivity index (χ1) is 8.29. The van der Waals surface area contributed by atoms with Gasteiger partial charge in [-0.2, -0.15) is 0 Å². The Kier molecular flexibility index (Phi) is 2.55. The fourth-order valence-corrected chi connectivity index (χ4v) is 2.71. The van der Waals surface area contributed by atoms with Gasteiger partial charge in [-0.1, -0.05) is 6.42 Å². The van der Waals surface area contributed by atoms with E-state index in [1.54, 1.807) is 12.3 Å². The van der Waals surface area contributed by atoms with Gasteiger partial charge in [-0.15, -0.1) is 0 Å². The lowest BCUT2D eigenvalue weighted by Gasteiger charge is -2.52. The molecule has 0 radical (unpaired) electrons. The molecule has 1 amide bonds. The van der Waals surface area contributed by atoms with Crippen LogP contribution in [-0.4, -0.2) is 45.9 Å². The number of aromatic nitrogens is 2. The molecule has 0 saturated carbocycles. The van der Waals surface area contributed by atoms with Crippen molar-refractivity contribution in [2.24, 2.45) is 0 Å². The van der Waals surface area contributed by atoms with Crippen molar-refractivity contribution < 1.29 is 4.79 Å². The van der Waals surface area contributed by atoms with E-state index in [1.165, 1.54) is 25.6 Å². The Balaban J connectivity index is 1.64. The van der Waals surface area contributed by atoms with Gasteiger partial charge in [0.15, 0.2) is 0 Å². The Morgan fingerprint density at radius 3 is 2.94 bits per heavy atom. The van der Waals surface area contributed by atoms with Gasteiger partial charge < -0.3 is 10.2 Å². The third-order valence-electron chi connectivity index (χ3n) is 3.66. The SMILES string of the molecule is O=C(c1ccncn1)N1CC2(CCCCN2)C1. The largest absolute Gasteiger partial charge is 0.333 e. The summed E-state index contributed by atoms with van der Waals surface area (Å²) in [5, 5.41) is 3.54. The molecule has 5 nitrogen and oxygen atoms in total. The van der Waals surface area contributed by atoms with Crippen LogP contribution < -0.4 is 5.32 Å². The molecule has 2 fully saturated rings. The van der Waals surface area contributed by atoms with Crippen LogP contribution in [0.3, 0.4) is 0 Å². The van der Waals surface area contributed by atoms with E-state index < -0.39 is 0 Å². The average molecular weight is 232 g/mol. The van der Waals surface area contributed by atoms with E-state index in [0.29, 0.717) is 5.69 Å². The van der Waals surface area contributed by atoms with Crippen LogP contribution in [0.2, 0.25) is 0 Å². The Bertz CT molecular complexity index is 406. The molecule has 90 valence electrons. The molecule has 1 aromatic rings. The van der Waals surface area contributed by atoms with Crippen LogP contribution in [0.5, 0.6) is 0 Å². The van der Waals surface area contributed by atoms with Crippen LogP contribution in [0.1, 0.15) is 29.8 Å². The number of nitrogens with zero attached hydrogens (tertiary/aromatic N) is 3. The summed E-state index contributed by atoms with van der Waals surface area (Å²) in [6.45, 7) is 2.71. The van der Waals surface area contributed by atoms with E-state index in [2.05, 4.69) is 15.3 Å². The van der Waals surface area contributed by atoms with Crippen molar-refractivity contribution in [3.63, 3.8) is 0 Å². The van der Waals surface area contributed by atoms with Crippen LogP contribution in [0.4, 0.5) is 0 Å². The van der Waals surface area contributed by atoms with Crippen molar-refractivity contribution in [3.8, 4) is 0 Å². The molecule has 3 rings (SSSR count). The summed E-state index contributed by atoms with van der Waals surface area (Å²) in [7, 11) is 0. The molecule has 3 heterocycles. The molecule has 2 aliphatic rings. The normalized spacial score (nSPS) is 22.2. The van der Waals surface area contributed by atoms with E-state index in [4.69, 9.17) is 0 Å². The van der Waals surface area contributed by atoms with Crippen LogP contribution in [0, 0.1) is 0 Å². The molecule has 5 heteroatoms. The maximum absolute atomic E-state index is 12.1. The van der Waals surface area contributed by atoms with E-state index in [0.717, 1.165) is 19.6 Å². The van der Waals surface area contributed by atoms with Gasteiger partial charge in [0.05, 0.1) is 5.54 Å². The zero-order valence-electron chi connectivity index (χ0n) is 9.72. The molecule has 2 saturated heterocycles. The lowest BCUT2D eigenvalue weighted by Crippen LogP contribution is -2.71. The topological polar surface area (TPSA) is 58.1 Å². The number of nitrogens with one attached hydrogen (secondary N) is 1. The minimum Gasteiger partial charge on any atom is -0.333 e. The summed E-state index contributed by atoms with van der Waals surface area (Å²) in [6, 6.07) is 1.67. The standard InChI is InChI=1S/C12H16N4O/c17-11(10-3-6-13-9-14-10)16-7-12(8-16)4-1-2-5-15-12/h3,6,9,15H,1-2,4-5,7-8H2. The quantitative estimate of drug-likeness (QED) is 0.763. The van der Waals surface area contributed by atoms with Crippen LogP contribution in [-0.2, 0) is 0 Å². The number of rotatable bonds is 1. The van der Waals surface area contributed by atoms with Gasteiger partial charge in [0, 0.05) is 19.3 Å². The first-order valence-corrected chi connectivity index (χ1v) is 6.09. The molecule has 2 aliphatic heterocycles. The zero-order chi connectivity index (χ0) is 11.7. The van der Waals surface area contributed by atoms with Crippen molar-refractivity contribution in [2.45, 2.75) is 24.8 Å². The van der Waals surface area contributed by atoms with Crippen molar-refractivity contribution in [1.82, 2.24) is 20.2 Å². The first kappa shape index (κ1) is 10.7. The van der Waals surface area contributed by atoms with Gasteiger partial charge in [-0.25, -0.2) is 9.97 Å². The Hall–Kier alpha value is -1.49. The Morgan fingerprint density at radius 2 is 2.29 bits per heavy atom. The molecular weight excluding hydrogens is 216 g/mol. The third-order valence-corrected chi connectivity index (χ3v) is 3.66. The summed E-state index contributed by atoms with van der Waals surface area (Å²) in [5.74, 6) is 0.0189. The summed E-state index contributed by atoms with van der Waals surface area (Å²) < 4.78 is 0. The second-order valence-electron chi connectivity index (χ2n) is 4.92. The molecule has 17 heavy (non-hydrogen) atoms. The molecule has 0 atom stereocenters. The summed E-state index contributed by atoms with van der Waals surface area (Å²) in [5.41, 5.74) is 0.687. The van der Waals surface area contributed by atoms with Crippen molar-refractivity contribution in [2.75, 3.05) is 19.6 Å².